The van der Waals surface area contributed by atoms with Gasteiger partial charge in [0.25, 0.3) is 0 Å². The number of aromatic nitrogens is 3. The van der Waals surface area contributed by atoms with Gasteiger partial charge in [0.1, 0.15) is 0 Å². The Morgan fingerprint density at radius 3 is 2.62 bits per heavy atom. The van der Waals surface area contributed by atoms with Crippen molar-refractivity contribution in [3.63, 3.8) is 0 Å². The highest BCUT2D eigenvalue weighted by molar-refractivity contribution is 9.10. The standard InChI is InChI=1S/C12H14BrClN6O/c1-6(2)21-12-18-10(17-11(19-12)20-15)16-9-5-7(14)3-4-8(9)13/h3-6H,15H2,1-2H3,(H2,16,17,18,19,20). The van der Waals surface area contributed by atoms with Crippen molar-refractivity contribution in [2.24, 2.45) is 5.84 Å². The van der Waals surface area contributed by atoms with Gasteiger partial charge in [0.2, 0.25) is 11.9 Å². The summed E-state index contributed by atoms with van der Waals surface area (Å²) in [7, 11) is 0. The van der Waals surface area contributed by atoms with Crippen LogP contribution in [-0.2, 0) is 0 Å². The van der Waals surface area contributed by atoms with Gasteiger partial charge in [-0.05, 0) is 48.0 Å². The Morgan fingerprint density at radius 2 is 1.95 bits per heavy atom. The third-order valence-electron chi connectivity index (χ3n) is 2.26. The molecular formula is C12H14BrClN6O. The molecule has 0 bridgehead atoms. The van der Waals surface area contributed by atoms with E-state index in [9.17, 15) is 0 Å². The van der Waals surface area contributed by atoms with E-state index in [0.29, 0.717) is 10.7 Å². The topological polar surface area (TPSA) is 98.0 Å². The molecule has 0 aliphatic carbocycles. The lowest BCUT2D eigenvalue weighted by Crippen LogP contribution is -2.15. The Morgan fingerprint density at radius 1 is 1.24 bits per heavy atom. The van der Waals surface area contributed by atoms with Crippen LogP contribution in [0.4, 0.5) is 17.6 Å². The van der Waals surface area contributed by atoms with Crippen LogP contribution in [0.1, 0.15) is 13.8 Å². The molecule has 112 valence electrons. The van der Waals surface area contributed by atoms with E-state index in [4.69, 9.17) is 22.2 Å². The second-order valence-corrected chi connectivity index (χ2v) is 5.62. The minimum atomic E-state index is -0.0659. The second-order valence-electron chi connectivity index (χ2n) is 4.33. The molecule has 0 radical (unpaired) electrons. The molecule has 2 rings (SSSR count). The number of nitrogen functional groups attached to an aromatic ring is 1. The number of nitrogens with one attached hydrogen (secondary N) is 2. The Bertz CT molecular complexity index is 639. The van der Waals surface area contributed by atoms with Crippen molar-refractivity contribution in [3.8, 4) is 6.01 Å². The van der Waals surface area contributed by atoms with E-state index < -0.39 is 0 Å². The summed E-state index contributed by atoms with van der Waals surface area (Å²) in [4.78, 5) is 12.3. The normalized spacial score (nSPS) is 10.6. The number of hydrazine groups is 1. The number of rotatable bonds is 5. The van der Waals surface area contributed by atoms with Gasteiger partial charge in [-0.3, -0.25) is 5.43 Å². The smallest absolute Gasteiger partial charge is 0.323 e. The second kappa shape index (κ2) is 6.88. The van der Waals surface area contributed by atoms with E-state index in [1.165, 1.54) is 0 Å². The van der Waals surface area contributed by atoms with Crippen molar-refractivity contribution < 1.29 is 4.74 Å². The van der Waals surface area contributed by atoms with Crippen LogP contribution in [0.25, 0.3) is 0 Å². The average molecular weight is 374 g/mol. The summed E-state index contributed by atoms with van der Waals surface area (Å²) in [5.74, 6) is 5.83. The number of anilines is 3. The Labute approximate surface area is 135 Å². The van der Waals surface area contributed by atoms with Gasteiger partial charge in [0.15, 0.2) is 0 Å². The van der Waals surface area contributed by atoms with Crippen LogP contribution in [0, 0.1) is 0 Å². The number of hydrogen-bond donors (Lipinski definition) is 3. The lowest BCUT2D eigenvalue weighted by atomic mass is 10.3. The first-order chi connectivity index (χ1) is 9.97. The zero-order valence-corrected chi connectivity index (χ0v) is 13.7. The van der Waals surface area contributed by atoms with Crippen molar-refractivity contribution in [1.82, 2.24) is 15.0 Å². The van der Waals surface area contributed by atoms with Crippen LogP contribution in [0.5, 0.6) is 6.01 Å². The van der Waals surface area contributed by atoms with Gasteiger partial charge in [-0.1, -0.05) is 11.6 Å². The molecule has 0 aliphatic rings. The van der Waals surface area contributed by atoms with Gasteiger partial charge >= 0.3 is 6.01 Å². The van der Waals surface area contributed by atoms with E-state index in [-0.39, 0.29) is 24.0 Å². The average Bonchev–Trinajstić information content (AvgIpc) is 2.42. The molecule has 9 heteroatoms. The summed E-state index contributed by atoms with van der Waals surface area (Å²) >= 11 is 9.39. The van der Waals surface area contributed by atoms with Crippen LogP contribution < -0.4 is 21.3 Å². The molecule has 1 aromatic carbocycles. The summed E-state index contributed by atoms with van der Waals surface area (Å²) in [6.45, 7) is 3.75. The van der Waals surface area contributed by atoms with E-state index >= 15 is 0 Å². The first-order valence-electron chi connectivity index (χ1n) is 6.09. The lowest BCUT2D eigenvalue weighted by molar-refractivity contribution is 0.222. The van der Waals surface area contributed by atoms with Crippen LogP contribution in [0.15, 0.2) is 22.7 Å². The molecule has 0 spiro atoms. The first-order valence-corrected chi connectivity index (χ1v) is 7.26. The maximum absolute atomic E-state index is 5.97. The largest absolute Gasteiger partial charge is 0.461 e. The number of ether oxygens (including phenoxy) is 1. The number of halogens is 2. The fraction of sp³-hybridized carbons (Fsp3) is 0.250. The Balaban J connectivity index is 2.32. The van der Waals surface area contributed by atoms with Crippen molar-refractivity contribution in [1.29, 1.82) is 0 Å². The van der Waals surface area contributed by atoms with Crippen molar-refractivity contribution in [3.05, 3.63) is 27.7 Å². The third-order valence-corrected chi connectivity index (χ3v) is 3.19. The van der Waals surface area contributed by atoms with Crippen molar-refractivity contribution in [2.75, 3.05) is 10.7 Å². The molecule has 0 saturated carbocycles. The van der Waals surface area contributed by atoms with Gasteiger partial charge in [0.05, 0.1) is 11.8 Å². The fourth-order valence-corrected chi connectivity index (χ4v) is 1.97. The number of nitrogens with zero attached hydrogens (tertiary/aromatic N) is 3. The SMILES string of the molecule is CC(C)Oc1nc(NN)nc(Nc2cc(Cl)ccc2Br)n1. The molecule has 1 aromatic heterocycles. The Hall–Kier alpha value is -1.64. The zero-order chi connectivity index (χ0) is 15.4. The predicted molar refractivity (Wildman–Crippen MR) is 85.8 cm³/mol. The maximum atomic E-state index is 5.97. The quantitative estimate of drug-likeness (QED) is 0.547. The molecule has 4 N–H and O–H groups in total. The van der Waals surface area contributed by atoms with Crippen LogP contribution >= 0.6 is 27.5 Å². The van der Waals surface area contributed by atoms with E-state index in [0.717, 1.165) is 4.47 Å². The highest BCUT2D eigenvalue weighted by Crippen LogP contribution is 2.28. The summed E-state index contributed by atoms with van der Waals surface area (Å²) < 4.78 is 6.27. The zero-order valence-electron chi connectivity index (χ0n) is 11.4. The molecule has 0 fully saturated rings. The summed E-state index contributed by atoms with van der Waals surface area (Å²) in [6, 6.07) is 5.51. The molecular weight excluding hydrogens is 360 g/mol. The van der Waals surface area contributed by atoms with Crippen molar-refractivity contribution in [2.45, 2.75) is 20.0 Å². The van der Waals surface area contributed by atoms with E-state index in [1.807, 2.05) is 19.9 Å². The predicted octanol–water partition coefficient (Wildman–Crippen LogP) is 3.10. The molecule has 0 atom stereocenters. The van der Waals surface area contributed by atoms with Crippen LogP contribution in [0.3, 0.4) is 0 Å². The first kappa shape index (κ1) is 15.7. The summed E-state index contributed by atoms with van der Waals surface area (Å²) in [5, 5.41) is 3.62. The molecule has 2 aromatic rings. The number of hydrogen-bond acceptors (Lipinski definition) is 7. The fourth-order valence-electron chi connectivity index (χ4n) is 1.45. The van der Waals surface area contributed by atoms with E-state index in [2.05, 4.69) is 41.6 Å². The van der Waals surface area contributed by atoms with Gasteiger partial charge < -0.3 is 10.1 Å². The molecule has 0 aliphatic heterocycles. The van der Waals surface area contributed by atoms with E-state index in [1.54, 1.807) is 12.1 Å². The van der Waals surface area contributed by atoms with Gasteiger partial charge in [-0.2, -0.15) is 15.0 Å². The molecule has 7 nitrogen and oxygen atoms in total. The Kier molecular flexibility index (Phi) is 5.16. The summed E-state index contributed by atoms with van der Waals surface area (Å²) in [6.07, 6.45) is -0.0659. The third kappa shape index (κ3) is 4.42. The van der Waals surface area contributed by atoms with Gasteiger partial charge in [-0.15, -0.1) is 0 Å². The number of benzene rings is 1. The van der Waals surface area contributed by atoms with Gasteiger partial charge in [0, 0.05) is 9.50 Å². The molecule has 21 heavy (non-hydrogen) atoms. The molecule has 0 saturated heterocycles. The lowest BCUT2D eigenvalue weighted by Gasteiger charge is -2.12. The minimum Gasteiger partial charge on any atom is -0.461 e. The van der Waals surface area contributed by atoms with Crippen molar-refractivity contribution >= 4 is 45.1 Å². The molecule has 1 heterocycles. The summed E-state index contributed by atoms with van der Waals surface area (Å²) in [5.41, 5.74) is 3.09. The minimum absolute atomic E-state index is 0.0659. The maximum Gasteiger partial charge on any atom is 0.323 e. The monoisotopic (exact) mass is 372 g/mol. The highest BCUT2D eigenvalue weighted by atomic mass is 79.9. The number of nitrogens with two attached hydrogens (primary N) is 1. The molecule has 0 amide bonds. The highest BCUT2D eigenvalue weighted by Gasteiger charge is 2.10. The molecule has 0 unspecified atom stereocenters. The van der Waals surface area contributed by atoms with Crippen LogP contribution in [0.2, 0.25) is 5.02 Å². The van der Waals surface area contributed by atoms with Gasteiger partial charge in [-0.25, -0.2) is 5.84 Å². The van der Waals surface area contributed by atoms with Crippen LogP contribution in [-0.4, -0.2) is 21.1 Å².